The van der Waals surface area contributed by atoms with Gasteiger partial charge in [-0.1, -0.05) is 48.5 Å². The van der Waals surface area contributed by atoms with Crippen LogP contribution in [0.2, 0.25) is 0 Å². The molecule has 144 valence electrons. The molecular weight excluding hydrogens is 386 g/mol. The normalized spacial score (nSPS) is 10.6. The van der Waals surface area contributed by atoms with Gasteiger partial charge in [0, 0.05) is 5.69 Å². The summed E-state index contributed by atoms with van der Waals surface area (Å²) >= 11 is 1.37. The third-order valence-corrected chi connectivity index (χ3v) is 5.20. The number of nitrogens with one attached hydrogen (secondary N) is 2. The molecule has 0 unspecified atom stereocenters. The third-order valence-electron chi connectivity index (χ3n) is 4.33. The molecule has 4 aromatic rings. The van der Waals surface area contributed by atoms with Crippen molar-refractivity contribution in [3.63, 3.8) is 0 Å². The zero-order chi connectivity index (χ0) is 20.2. The van der Waals surface area contributed by atoms with Gasteiger partial charge in [0.2, 0.25) is 5.75 Å². The van der Waals surface area contributed by atoms with Crippen LogP contribution >= 0.6 is 11.3 Å². The number of aromatic nitrogens is 2. The summed E-state index contributed by atoms with van der Waals surface area (Å²) in [5.41, 5.74) is 1.78. The van der Waals surface area contributed by atoms with Crippen LogP contribution in [0, 0.1) is 0 Å². The maximum Gasteiger partial charge on any atom is 0.294 e. The minimum absolute atomic E-state index is 0.242. The molecule has 0 spiro atoms. The van der Waals surface area contributed by atoms with Crippen LogP contribution in [0.1, 0.15) is 21.6 Å². The van der Waals surface area contributed by atoms with E-state index in [9.17, 15) is 14.7 Å². The van der Waals surface area contributed by atoms with Gasteiger partial charge in [-0.15, -0.1) is 11.3 Å². The lowest BCUT2D eigenvalue weighted by atomic mass is 10.0. The van der Waals surface area contributed by atoms with E-state index in [-0.39, 0.29) is 11.5 Å². The monoisotopic (exact) mass is 403 g/mol. The zero-order valence-corrected chi connectivity index (χ0v) is 16.1. The maximum atomic E-state index is 12.6. The molecule has 1 amide bonds. The largest absolute Gasteiger partial charge is 0.501 e. The molecule has 2 aromatic carbocycles. The molecule has 6 nitrogen and oxygen atoms in total. The highest BCUT2D eigenvalue weighted by atomic mass is 32.1. The number of benzene rings is 2. The lowest BCUT2D eigenvalue weighted by Gasteiger charge is -2.08. The number of amides is 1. The molecule has 0 fully saturated rings. The van der Waals surface area contributed by atoms with Crippen LogP contribution in [0.15, 0.2) is 76.9 Å². The smallest absolute Gasteiger partial charge is 0.294 e. The second-order valence-electron chi connectivity index (χ2n) is 6.40. The standard InChI is InChI=1S/C22H17N3O3S/c26-19-18(24-20(25-22(19)28)17-7-4-12-29-17)21(27)23-16-10-8-15(9-11-16)13-14-5-2-1-3-6-14/h1-12,26H,13H2,(H,23,27)(H,24,25,28). The second kappa shape index (κ2) is 8.12. The molecule has 0 aliphatic rings. The molecule has 0 aliphatic heterocycles. The molecule has 0 radical (unpaired) electrons. The van der Waals surface area contributed by atoms with Crippen molar-refractivity contribution in [2.24, 2.45) is 0 Å². The number of rotatable bonds is 5. The van der Waals surface area contributed by atoms with E-state index in [0.717, 1.165) is 12.0 Å². The van der Waals surface area contributed by atoms with E-state index < -0.39 is 17.2 Å². The topological polar surface area (TPSA) is 95.1 Å². The average molecular weight is 403 g/mol. The Labute approximate surface area is 170 Å². The second-order valence-corrected chi connectivity index (χ2v) is 7.35. The summed E-state index contributed by atoms with van der Waals surface area (Å²) < 4.78 is 0. The molecule has 4 rings (SSSR count). The van der Waals surface area contributed by atoms with Crippen molar-refractivity contribution in [1.82, 2.24) is 9.97 Å². The van der Waals surface area contributed by atoms with Crippen LogP contribution in [0.3, 0.4) is 0 Å². The molecule has 2 aromatic heterocycles. The first-order valence-corrected chi connectivity index (χ1v) is 9.79. The molecule has 7 heteroatoms. The highest BCUT2D eigenvalue weighted by Crippen LogP contribution is 2.22. The zero-order valence-electron chi connectivity index (χ0n) is 15.3. The predicted octanol–water partition coefficient (Wildman–Crippen LogP) is 4.05. The Morgan fingerprint density at radius 2 is 1.72 bits per heavy atom. The van der Waals surface area contributed by atoms with Crippen LogP contribution < -0.4 is 10.9 Å². The van der Waals surface area contributed by atoms with Crippen molar-refractivity contribution >= 4 is 22.9 Å². The fourth-order valence-electron chi connectivity index (χ4n) is 2.88. The quantitative estimate of drug-likeness (QED) is 0.469. The van der Waals surface area contributed by atoms with Crippen molar-refractivity contribution in [2.45, 2.75) is 6.42 Å². The van der Waals surface area contributed by atoms with Crippen LogP contribution in [-0.2, 0) is 6.42 Å². The number of carbonyl (C=O) groups excluding carboxylic acids is 1. The van der Waals surface area contributed by atoms with Crippen molar-refractivity contribution in [1.29, 1.82) is 0 Å². The first-order valence-electron chi connectivity index (χ1n) is 8.91. The Balaban J connectivity index is 1.53. The Morgan fingerprint density at radius 1 is 1.00 bits per heavy atom. The molecule has 29 heavy (non-hydrogen) atoms. The summed E-state index contributed by atoms with van der Waals surface area (Å²) in [6.07, 6.45) is 0.787. The molecule has 2 heterocycles. The van der Waals surface area contributed by atoms with E-state index >= 15 is 0 Å². The van der Waals surface area contributed by atoms with E-state index in [1.54, 1.807) is 18.2 Å². The highest BCUT2D eigenvalue weighted by molar-refractivity contribution is 7.13. The van der Waals surface area contributed by atoms with Crippen molar-refractivity contribution < 1.29 is 9.90 Å². The Morgan fingerprint density at radius 3 is 2.41 bits per heavy atom. The van der Waals surface area contributed by atoms with Gasteiger partial charge in [0.1, 0.15) is 0 Å². The summed E-state index contributed by atoms with van der Waals surface area (Å²) in [6.45, 7) is 0. The summed E-state index contributed by atoms with van der Waals surface area (Å²) in [6, 6.07) is 21.1. The SMILES string of the molecule is O=C(Nc1ccc(Cc2ccccc2)cc1)c1nc(-c2cccs2)[nH]c(=O)c1O. The maximum absolute atomic E-state index is 12.6. The molecule has 0 atom stereocenters. The predicted molar refractivity (Wildman–Crippen MR) is 113 cm³/mol. The van der Waals surface area contributed by atoms with Gasteiger partial charge in [-0.05, 0) is 41.1 Å². The number of thiophene rings is 1. The van der Waals surface area contributed by atoms with E-state index in [0.29, 0.717) is 10.6 Å². The van der Waals surface area contributed by atoms with Gasteiger partial charge < -0.3 is 15.4 Å². The summed E-state index contributed by atoms with van der Waals surface area (Å²) in [7, 11) is 0. The van der Waals surface area contributed by atoms with Crippen molar-refractivity contribution in [3.05, 3.63) is 99.3 Å². The van der Waals surface area contributed by atoms with Crippen molar-refractivity contribution in [3.8, 4) is 16.5 Å². The van der Waals surface area contributed by atoms with Gasteiger partial charge in [-0.2, -0.15) is 0 Å². The van der Waals surface area contributed by atoms with Gasteiger partial charge >= 0.3 is 0 Å². The Kier molecular flexibility index (Phi) is 5.22. The first kappa shape index (κ1) is 18.6. The first-order chi connectivity index (χ1) is 14.1. The fourth-order valence-corrected chi connectivity index (χ4v) is 3.55. The van der Waals surface area contributed by atoms with E-state index in [1.807, 2.05) is 41.8 Å². The molecule has 0 saturated carbocycles. The van der Waals surface area contributed by atoms with Crippen LogP contribution in [0.25, 0.3) is 10.7 Å². The van der Waals surface area contributed by atoms with Crippen LogP contribution in [-0.4, -0.2) is 21.0 Å². The number of aromatic hydroxyl groups is 1. The minimum Gasteiger partial charge on any atom is -0.501 e. The number of nitrogens with zero attached hydrogens (tertiary/aromatic N) is 1. The van der Waals surface area contributed by atoms with Gasteiger partial charge in [-0.25, -0.2) is 4.98 Å². The number of carbonyl (C=O) groups is 1. The summed E-state index contributed by atoms with van der Waals surface area (Å²) in [5.74, 6) is -1.11. The summed E-state index contributed by atoms with van der Waals surface area (Å²) in [5, 5.41) is 14.5. The Bertz CT molecular complexity index is 1180. The number of H-pyrrole nitrogens is 1. The Hall–Kier alpha value is -3.71. The van der Waals surface area contributed by atoms with Gasteiger partial charge in [0.15, 0.2) is 11.5 Å². The number of hydrogen-bond acceptors (Lipinski definition) is 5. The molecule has 0 bridgehead atoms. The number of hydrogen-bond donors (Lipinski definition) is 3. The van der Waals surface area contributed by atoms with Gasteiger partial charge in [-0.3, -0.25) is 9.59 Å². The fraction of sp³-hybridized carbons (Fsp3) is 0.0455. The van der Waals surface area contributed by atoms with E-state index in [1.165, 1.54) is 16.9 Å². The number of anilines is 1. The molecule has 0 aliphatic carbocycles. The number of aromatic amines is 1. The van der Waals surface area contributed by atoms with E-state index in [2.05, 4.69) is 27.4 Å². The summed E-state index contributed by atoms with van der Waals surface area (Å²) in [4.78, 5) is 31.9. The van der Waals surface area contributed by atoms with Crippen molar-refractivity contribution in [2.75, 3.05) is 5.32 Å². The highest BCUT2D eigenvalue weighted by Gasteiger charge is 2.19. The molecular formula is C22H17N3O3S. The van der Waals surface area contributed by atoms with Gasteiger partial charge in [0.05, 0.1) is 4.88 Å². The molecule has 3 N–H and O–H groups in total. The average Bonchev–Trinajstić information content (AvgIpc) is 3.27. The van der Waals surface area contributed by atoms with Crippen LogP contribution in [0.5, 0.6) is 5.75 Å². The minimum atomic E-state index is -0.758. The van der Waals surface area contributed by atoms with Gasteiger partial charge in [0.25, 0.3) is 11.5 Å². The third kappa shape index (κ3) is 4.25. The van der Waals surface area contributed by atoms with Crippen LogP contribution in [0.4, 0.5) is 5.69 Å². The molecule has 0 saturated heterocycles. The lowest BCUT2D eigenvalue weighted by Crippen LogP contribution is -2.20. The lowest BCUT2D eigenvalue weighted by molar-refractivity contribution is 0.101. The van der Waals surface area contributed by atoms with E-state index in [4.69, 9.17) is 0 Å².